The predicted molar refractivity (Wildman–Crippen MR) is 144 cm³/mol. The van der Waals surface area contributed by atoms with Gasteiger partial charge in [0.15, 0.2) is 0 Å². The van der Waals surface area contributed by atoms with Crippen molar-refractivity contribution in [2.45, 2.75) is 70.5 Å². The molecule has 1 N–H and O–H groups in total. The fourth-order valence-corrected chi connectivity index (χ4v) is 5.76. The molecule has 2 aromatic rings. The van der Waals surface area contributed by atoms with Crippen LogP contribution in [0.5, 0.6) is 0 Å². The molecule has 7 nitrogen and oxygen atoms in total. The first-order chi connectivity index (χ1) is 17.2. The average molecular weight is 534 g/mol. The maximum absolute atomic E-state index is 13.5. The van der Waals surface area contributed by atoms with Gasteiger partial charge >= 0.3 is 0 Å². The first-order valence-corrected chi connectivity index (χ1v) is 14.8. The van der Waals surface area contributed by atoms with Crippen molar-refractivity contribution in [3.63, 3.8) is 0 Å². The van der Waals surface area contributed by atoms with Gasteiger partial charge < -0.3 is 10.2 Å². The number of halogens is 1. The van der Waals surface area contributed by atoms with Crippen LogP contribution in [0.15, 0.2) is 54.6 Å². The number of amides is 2. The van der Waals surface area contributed by atoms with E-state index < -0.39 is 16.1 Å². The third kappa shape index (κ3) is 7.96. The molecule has 1 aliphatic carbocycles. The lowest BCUT2D eigenvalue weighted by molar-refractivity contribution is -0.141. The number of carbonyl (C=O) groups is 2. The van der Waals surface area contributed by atoms with E-state index in [1.165, 1.54) is 4.31 Å². The molecule has 0 bridgehead atoms. The minimum Gasteiger partial charge on any atom is -0.352 e. The maximum atomic E-state index is 13.5. The van der Waals surface area contributed by atoms with E-state index in [0.29, 0.717) is 23.6 Å². The van der Waals surface area contributed by atoms with Gasteiger partial charge in [-0.3, -0.25) is 13.9 Å². The Bertz CT molecular complexity index is 1100. The highest BCUT2D eigenvalue weighted by molar-refractivity contribution is 7.92. The molecule has 0 heterocycles. The highest BCUT2D eigenvalue weighted by Crippen LogP contribution is 2.21. The van der Waals surface area contributed by atoms with Crippen LogP contribution < -0.4 is 9.62 Å². The van der Waals surface area contributed by atoms with Gasteiger partial charge in [0.2, 0.25) is 21.8 Å². The van der Waals surface area contributed by atoms with Crippen molar-refractivity contribution in [1.82, 2.24) is 10.2 Å². The minimum atomic E-state index is -3.50. The van der Waals surface area contributed by atoms with Gasteiger partial charge in [-0.25, -0.2) is 8.42 Å². The molecular formula is C27H36ClN3O4S. The van der Waals surface area contributed by atoms with Crippen LogP contribution in [0.4, 0.5) is 5.69 Å². The summed E-state index contributed by atoms with van der Waals surface area (Å²) in [5, 5.41) is 3.74. The van der Waals surface area contributed by atoms with Crippen molar-refractivity contribution in [2.75, 3.05) is 17.1 Å². The second-order valence-electron chi connectivity index (χ2n) is 9.34. The maximum Gasteiger partial charge on any atom is 0.243 e. The second-order valence-corrected chi connectivity index (χ2v) is 11.7. The number of nitrogens with zero attached hydrogens (tertiary/aromatic N) is 2. The molecule has 2 amide bonds. The number of benzene rings is 2. The summed E-state index contributed by atoms with van der Waals surface area (Å²) in [6, 6.07) is 15.6. The summed E-state index contributed by atoms with van der Waals surface area (Å²) < 4.78 is 26.1. The van der Waals surface area contributed by atoms with E-state index in [0.717, 1.165) is 37.5 Å². The van der Waals surface area contributed by atoms with Crippen LogP contribution in [-0.2, 0) is 26.2 Å². The van der Waals surface area contributed by atoms with Crippen LogP contribution in [0.3, 0.4) is 0 Å². The molecule has 0 spiro atoms. The first kappa shape index (κ1) is 28.0. The number of hydrogen-bond acceptors (Lipinski definition) is 4. The van der Waals surface area contributed by atoms with Gasteiger partial charge in [-0.15, -0.1) is 0 Å². The summed E-state index contributed by atoms with van der Waals surface area (Å²) >= 11 is 6.03. The van der Waals surface area contributed by atoms with Crippen LogP contribution >= 0.6 is 11.6 Å². The lowest BCUT2D eigenvalue weighted by Gasteiger charge is -2.32. The molecule has 1 atom stereocenters. The number of carbonyl (C=O) groups excluding carboxylic acids is 2. The van der Waals surface area contributed by atoms with Crippen molar-refractivity contribution in [1.29, 1.82) is 0 Å². The molecule has 196 valence electrons. The second kappa shape index (κ2) is 13.1. The van der Waals surface area contributed by atoms with E-state index in [1.54, 1.807) is 41.3 Å². The Labute approximate surface area is 219 Å². The van der Waals surface area contributed by atoms with E-state index in [4.69, 9.17) is 11.6 Å². The molecular weight excluding hydrogens is 498 g/mol. The van der Waals surface area contributed by atoms with Crippen molar-refractivity contribution < 1.29 is 18.0 Å². The molecule has 0 radical (unpaired) electrons. The molecule has 3 rings (SSSR count). The van der Waals surface area contributed by atoms with Crippen molar-refractivity contribution in [3.05, 3.63) is 65.2 Å². The third-order valence-electron chi connectivity index (χ3n) is 6.55. The predicted octanol–water partition coefficient (Wildman–Crippen LogP) is 4.75. The monoisotopic (exact) mass is 533 g/mol. The smallest absolute Gasteiger partial charge is 0.243 e. The van der Waals surface area contributed by atoms with Crippen LogP contribution in [-0.4, -0.2) is 50.0 Å². The zero-order valence-corrected chi connectivity index (χ0v) is 22.6. The third-order valence-corrected chi connectivity index (χ3v) is 8.00. The van der Waals surface area contributed by atoms with Gasteiger partial charge in [-0.05, 0) is 55.5 Å². The van der Waals surface area contributed by atoms with E-state index in [9.17, 15) is 18.0 Å². The Hall–Kier alpha value is -2.58. The molecule has 1 unspecified atom stereocenters. The number of hydrogen-bond donors (Lipinski definition) is 1. The van der Waals surface area contributed by atoms with E-state index in [2.05, 4.69) is 5.32 Å². The van der Waals surface area contributed by atoms with Crippen molar-refractivity contribution in [2.24, 2.45) is 0 Å². The topological polar surface area (TPSA) is 86.8 Å². The van der Waals surface area contributed by atoms with Crippen molar-refractivity contribution in [3.8, 4) is 0 Å². The molecule has 0 aromatic heterocycles. The molecule has 1 aliphatic rings. The van der Waals surface area contributed by atoms with Crippen LogP contribution in [0.25, 0.3) is 0 Å². The molecule has 9 heteroatoms. The molecule has 1 fully saturated rings. The summed E-state index contributed by atoms with van der Waals surface area (Å²) in [7, 11) is -3.50. The SMILES string of the molecule is CCC(C(=O)NC1CCCC1)N(Cc1ccc(Cl)cc1)C(=O)CCCN(c1ccccc1)S(C)(=O)=O. The van der Waals surface area contributed by atoms with Gasteiger partial charge in [-0.1, -0.05) is 61.7 Å². The zero-order valence-electron chi connectivity index (χ0n) is 21.0. The lowest BCUT2D eigenvalue weighted by atomic mass is 10.1. The number of rotatable bonds is 12. The van der Waals surface area contributed by atoms with E-state index >= 15 is 0 Å². The summed E-state index contributed by atoms with van der Waals surface area (Å²) in [6.07, 6.45) is 6.24. The van der Waals surface area contributed by atoms with Gasteiger partial charge in [0, 0.05) is 30.6 Å². The highest BCUT2D eigenvalue weighted by atomic mass is 35.5. The fourth-order valence-electron chi connectivity index (χ4n) is 4.67. The average Bonchev–Trinajstić information content (AvgIpc) is 3.35. The molecule has 2 aromatic carbocycles. The van der Waals surface area contributed by atoms with Gasteiger partial charge in [0.05, 0.1) is 11.9 Å². The number of nitrogens with one attached hydrogen (secondary N) is 1. The summed E-state index contributed by atoms with van der Waals surface area (Å²) in [6.45, 7) is 2.36. The standard InChI is InChI=1S/C27H36ClN3O4S/c1-3-25(27(33)29-23-10-7-8-11-23)30(20-21-15-17-22(28)18-16-21)26(32)14-9-19-31(36(2,34)35)24-12-5-4-6-13-24/h4-6,12-13,15-18,23,25H,3,7-11,14,19-20H2,1-2H3,(H,29,33). The number of sulfonamides is 1. The van der Waals surface area contributed by atoms with Crippen molar-refractivity contribution >= 4 is 39.1 Å². The van der Waals surface area contributed by atoms with Gasteiger partial charge in [0.1, 0.15) is 6.04 Å². The number of para-hydroxylation sites is 1. The molecule has 1 saturated carbocycles. The quantitative estimate of drug-likeness (QED) is 0.426. The lowest BCUT2D eigenvalue weighted by Crippen LogP contribution is -2.51. The van der Waals surface area contributed by atoms with Gasteiger partial charge in [-0.2, -0.15) is 0 Å². The fraction of sp³-hybridized carbons (Fsp3) is 0.481. The Balaban J connectivity index is 1.74. The Morgan fingerprint density at radius 2 is 1.69 bits per heavy atom. The van der Waals surface area contributed by atoms with Crippen LogP contribution in [0.2, 0.25) is 5.02 Å². The van der Waals surface area contributed by atoms with Crippen LogP contribution in [0.1, 0.15) is 57.4 Å². The van der Waals surface area contributed by atoms with E-state index in [-0.39, 0.29) is 37.4 Å². The molecule has 36 heavy (non-hydrogen) atoms. The summed E-state index contributed by atoms with van der Waals surface area (Å²) in [5.74, 6) is -0.311. The number of anilines is 1. The largest absolute Gasteiger partial charge is 0.352 e. The minimum absolute atomic E-state index is 0.125. The van der Waals surface area contributed by atoms with E-state index in [1.807, 2.05) is 25.1 Å². The summed E-state index contributed by atoms with van der Waals surface area (Å²) in [4.78, 5) is 28.3. The molecule has 0 aliphatic heterocycles. The summed E-state index contributed by atoms with van der Waals surface area (Å²) in [5.41, 5.74) is 1.44. The Kier molecular flexibility index (Phi) is 10.2. The van der Waals surface area contributed by atoms with Crippen LogP contribution in [0, 0.1) is 0 Å². The Morgan fingerprint density at radius 3 is 2.28 bits per heavy atom. The normalized spacial score (nSPS) is 14.9. The van der Waals surface area contributed by atoms with Gasteiger partial charge in [0.25, 0.3) is 0 Å². The Morgan fingerprint density at radius 1 is 1.06 bits per heavy atom. The molecule has 0 saturated heterocycles. The highest BCUT2D eigenvalue weighted by Gasteiger charge is 2.30. The zero-order chi connectivity index (χ0) is 26.1. The first-order valence-electron chi connectivity index (χ1n) is 12.6.